The van der Waals surface area contributed by atoms with Gasteiger partial charge < -0.3 is 4.90 Å². The highest BCUT2D eigenvalue weighted by molar-refractivity contribution is 9.10. The number of nitrogens with zero attached hydrogens (tertiary/aromatic N) is 1. The average molecular weight is 583 g/mol. The SMILES string of the molecule is Brc1cc(N(c2ccccc2)c2cccc(-c3ccccc3-c3ccccc3)c2)cc2c1sc1ccccc12. The van der Waals surface area contributed by atoms with Gasteiger partial charge in [0.05, 0.1) is 0 Å². The van der Waals surface area contributed by atoms with E-state index in [2.05, 4.69) is 166 Å². The number of fused-ring (bicyclic) bond motifs is 3. The molecule has 1 aromatic heterocycles. The fourth-order valence-corrected chi connectivity index (χ4v) is 7.12. The van der Waals surface area contributed by atoms with Crippen LogP contribution in [0.15, 0.2) is 150 Å². The molecule has 0 unspecified atom stereocenters. The fourth-order valence-electron chi connectivity index (χ4n) is 5.34. The molecule has 3 heteroatoms. The Hall–Kier alpha value is -4.18. The molecule has 0 radical (unpaired) electrons. The van der Waals surface area contributed by atoms with Crippen LogP contribution in [0.4, 0.5) is 17.1 Å². The molecule has 0 N–H and O–H groups in total. The molecule has 0 spiro atoms. The molecule has 0 aliphatic rings. The van der Waals surface area contributed by atoms with Crippen molar-refractivity contribution in [2.24, 2.45) is 0 Å². The molecule has 0 bridgehead atoms. The van der Waals surface area contributed by atoms with Crippen LogP contribution in [0.25, 0.3) is 42.4 Å². The van der Waals surface area contributed by atoms with E-state index in [1.165, 1.54) is 42.4 Å². The molecule has 0 saturated carbocycles. The van der Waals surface area contributed by atoms with Crippen LogP contribution < -0.4 is 4.90 Å². The Labute approximate surface area is 240 Å². The Morgan fingerprint density at radius 2 is 1.08 bits per heavy atom. The van der Waals surface area contributed by atoms with Crippen LogP contribution in [0.3, 0.4) is 0 Å². The first-order valence-corrected chi connectivity index (χ1v) is 14.6. The molecule has 7 rings (SSSR count). The van der Waals surface area contributed by atoms with Gasteiger partial charge in [-0.05, 0) is 80.6 Å². The van der Waals surface area contributed by atoms with Gasteiger partial charge in [-0.2, -0.15) is 0 Å². The summed E-state index contributed by atoms with van der Waals surface area (Å²) in [4.78, 5) is 2.35. The molecule has 0 fully saturated rings. The number of benzene rings is 6. The molecule has 0 amide bonds. The van der Waals surface area contributed by atoms with Crippen molar-refractivity contribution in [1.82, 2.24) is 0 Å². The zero-order valence-corrected chi connectivity index (χ0v) is 23.5. The molecule has 0 aliphatic carbocycles. The van der Waals surface area contributed by atoms with Crippen LogP contribution in [0, 0.1) is 0 Å². The molecule has 6 aromatic carbocycles. The number of hydrogen-bond acceptors (Lipinski definition) is 2. The van der Waals surface area contributed by atoms with Gasteiger partial charge in [-0.1, -0.05) is 103 Å². The highest BCUT2D eigenvalue weighted by Crippen LogP contribution is 2.44. The Morgan fingerprint density at radius 1 is 0.462 bits per heavy atom. The van der Waals surface area contributed by atoms with Gasteiger partial charge in [-0.25, -0.2) is 0 Å². The summed E-state index contributed by atoms with van der Waals surface area (Å²) in [6.45, 7) is 0. The lowest BCUT2D eigenvalue weighted by Crippen LogP contribution is -2.10. The Balaban J connectivity index is 1.42. The van der Waals surface area contributed by atoms with Crippen molar-refractivity contribution in [3.05, 3.63) is 150 Å². The zero-order valence-electron chi connectivity index (χ0n) is 21.1. The maximum absolute atomic E-state index is 3.91. The number of para-hydroxylation sites is 1. The lowest BCUT2D eigenvalue weighted by atomic mass is 9.94. The topological polar surface area (TPSA) is 3.24 Å². The maximum atomic E-state index is 3.91. The predicted octanol–water partition coefficient (Wildman–Crippen LogP) is 11.6. The second-order valence-electron chi connectivity index (χ2n) is 9.54. The van der Waals surface area contributed by atoms with Gasteiger partial charge in [0.2, 0.25) is 0 Å². The van der Waals surface area contributed by atoms with E-state index < -0.39 is 0 Å². The van der Waals surface area contributed by atoms with Crippen molar-refractivity contribution in [2.75, 3.05) is 4.90 Å². The number of rotatable bonds is 5. The summed E-state index contributed by atoms with van der Waals surface area (Å²) in [6, 6.07) is 52.0. The maximum Gasteiger partial charge on any atom is 0.0499 e. The van der Waals surface area contributed by atoms with E-state index in [0.717, 1.165) is 21.5 Å². The van der Waals surface area contributed by atoms with E-state index in [1.807, 2.05) is 11.3 Å². The van der Waals surface area contributed by atoms with Crippen molar-refractivity contribution < 1.29 is 0 Å². The molecule has 0 atom stereocenters. The van der Waals surface area contributed by atoms with Crippen LogP contribution in [-0.2, 0) is 0 Å². The van der Waals surface area contributed by atoms with E-state index in [4.69, 9.17) is 0 Å². The summed E-state index contributed by atoms with van der Waals surface area (Å²) < 4.78 is 3.69. The summed E-state index contributed by atoms with van der Waals surface area (Å²) in [5.41, 5.74) is 8.22. The molecule has 7 aromatic rings. The minimum Gasteiger partial charge on any atom is -0.310 e. The highest BCUT2D eigenvalue weighted by Gasteiger charge is 2.18. The number of anilines is 3. The molecule has 0 aliphatic heterocycles. The zero-order chi connectivity index (χ0) is 26.2. The standard InChI is InChI=1S/C36H24BrNS/c37-34-24-29(23-33-32-20-9-10-21-35(32)39-36(33)34)38(27-15-5-2-6-16-27)28-17-11-14-26(22-28)31-19-8-7-18-30(31)25-12-3-1-4-13-25/h1-24H. The summed E-state index contributed by atoms with van der Waals surface area (Å²) in [6.07, 6.45) is 0. The molecule has 1 nitrogen and oxygen atoms in total. The monoisotopic (exact) mass is 581 g/mol. The van der Waals surface area contributed by atoms with Crippen molar-refractivity contribution in [2.45, 2.75) is 0 Å². The first-order valence-electron chi connectivity index (χ1n) is 13.0. The summed E-state index contributed by atoms with van der Waals surface area (Å²) >= 11 is 5.74. The van der Waals surface area contributed by atoms with Gasteiger partial charge in [-0.3, -0.25) is 0 Å². The van der Waals surface area contributed by atoms with Crippen LogP contribution in [0.5, 0.6) is 0 Å². The van der Waals surface area contributed by atoms with E-state index in [-0.39, 0.29) is 0 Å². The third-order valence-corrected chi connectivity index (χ3v) is 9.23. The van der Waals surface area contributed by atoms with Gasteiger partial charge in [0.1, 0.15) is 0 Å². The summed E-state index contributed by atoms with van der Waals surface area (Å²) in [5, 5.41) is 2.56. The van der Waals surface area contributed by atoms with Crippen LogP contribution in [0.1, 0.15) is 0 Å². The second kappa shape index (κ2) is 10.2. The van der Waals surface area contributed by atoms with Gasteiger partial charge in [0.25, 0.3) is 0 Å². The summed E-state index contributed by atoms with van der Waals surface area (Å²) in [5.74, 6) is 0. The number of hydrogen-bond donors (Lipinski definition) is 0. The van der Waals surface area contributed by atoms with E-state index in [9.17, 15) is 0 Å². The molecule has 0 saturated heterocycles. The third-order valence-electron chi connectivity index (χ3n) is 7.12. The Kier molecular flexibility index (Phi) is 6.24. The molecular weight excluding hydrogens is 558 g/mol. The quantitative estimate of drug-likeness (QED) is 0.195. The number of thiophene rings is 1. The van der Waals surface area contributed by atoms with Crippen LogP contribution in [0.2, 0.25) is 0 Å². The Morgan fingerprint density at radius 3 is 1.87 bits per heavy atom. The second-order valence-corrected chi connectivity index (χ2v) is 11.4. The van der Waals surface area contributed by atoms with Gasteiger partial charge in [-0.15, -0.1) is 11.3 Å². The first-order chi connectivity index (χ1) is 19.3. The molecular formula is C36H24BrNS. The minimum atomic E-state index is 1.11. The molecule has 39 heavy (non-hydrogen) atoms. The molecule has 1 heterocycles. The van der Waals surface area contributed by atoms with Gasteiger partial charge in [0.15, 0.2) is 0 Å². The van der Waals surface area contributed by atoms with E-state index in [1.54, 1.807) is 0 Å². The smallest absolute Gasteiger partial charge is 0.0499 e. The lowest BCUT2D eigenvalue weighted by molar-refractivity contribution is 1.29. The van der Waals surface area contributed by atoms with Crippen molar-refractivity contribution in [1.29, 1.82) is 0 Å². The third kappa shape index (κ3) is 4.44. The van der Waals surface area contributed by atoms with E-state index >= 15 is 0 Å². The van der Waals surface area contributed by atoms with E-state index in [0.29, 0.717) is 0 Å². The predicted molar refractivity (Wildman–Crippen MR) is 173 cm³/mol. The largest absolute Gasteiger partial charge is 0.310 e. The van der Waals surface area contributed by atoms with Gasteiger partial charge in [0, 0.05) is 41.7 Å². The number of halogens is 1. The van der Waals surface area contributed by atoms with Crippen molar-refractivity contribution in [3.63, 3.8) is 0 Å². The lowest BCUT2D eigenvalue weighted by Gasteiger charge is -2.26. The average Bonchev–Trinajstić information content (AvgIpc) is 3.38. The van der Waals surface area contributed by atoms with Crippen molar-refractivity contribution in [3.8, 4) is 22.3 Å². The van der Waals surface area contributed by atoms with Crippen LogP contribution in [-0.4, -0.2) is 0 Å². The van der Waals surface area contributed by atoms with Gasteiger partial charge >= 0.3 is 0 Å². The van der Waals surface area contributed by atoms with Crippen LogP contribution >= 0.6 is 27.3 Å². The minimum absolute atomic E-state index is 1.11. The normalized spacial score (nSPS) is 11.2. The fraction of sp³-hybridized carbons (Fsp3) is 0. The first kappa shape index (κ1) is 23.9. The highest BCUT2D eigenvalue weighted by atomic mass is 79.9. The van der Waals surface area contributed by atoms with Crippen molar-refractivity contribution >= 4 is 64.5 Å². The molecule has 186 valence electrons. The summed E-state index contributed by atoms with van der Waals surface area (Å²) in [7, 11) is 0. The Bertz CT molecular complexity index is 1930.